The Morgan fingerprint density at radius 3 is 2.32 bits per heavy atom. The van der Waals surface area contributed by atoms with E-state index in [4.69, 9.17) is 5.11 Å². The van der Waals surface area contributed by atoms with Gasteiger partial charge < -0.3 is 15.5 Å². The molecule has 0 aliphatic carbocycles. The number of rotatable bonds is 4. The van der Waals surface area contributed by atoms with Gasteiger partial charge in [0.1, 0.15) is 0 Å². The zero-order chi connectivity index (χ0) is 18.0. The molecule has 0 radical (unpaired) electrons. The molecular weight excluding hydrogens is 328 g/mol. The smallest absolute Gasteiger partial charge is 0.251 e. The van der Waals surface area contributed by atoms with Crippen LogP contribution in [0.15, 0.2) is 54.6 Å². The van der Waals surface area contributed by atoms with Gasteiger partial charge >= 0.3 is 0 Å². The van der Waals surface area contributed by atoms with Crippen molar-refractivity contribution in [2.45, 2.75) is 6.10 Å². The Labute approximate surface area is 142 Å². The number of aliphatic hydroxyl groups is 1. The number of hydrogen-bond donors (Lipinski definition) is 3. The normalized spacial score (nSPS) is 12.1. The van der Waals surface area contributed by atoms with E-state index >= 15 is 0 Å². The number of halogens is 2. The van der Waals surface area contributed by atoms with Crippen molar-refractivity contribution >= 4 is 16.7 Å². The maximum Gasteiger partial charge on any atom is 0.251 e. The van der Waals surface area contributed by atoms with Crippen molar-refractivity contribution in [3.63, 3.8) is 0 Å². The average molecular weight is 343 g/mol. The Morgan fingerprint density at radius 1 is 1.00 bits per heavy atom. The minimum Gasteiger partial charge on any atom is -0.503 e. The lowest BCUT2D eigenvalue weighted by Crippen LogP contribution is -2.28. The van der Waals surface area contributed by atoms with Crippen LogP contribution in [0.4, 0.5) is 8.78 Å². The van der Waals surface area contributed by atoms with E-state index < -0.39 is 29.4 Å². The molecule has 0 heterocycles. The van der Waals surface area contributed by atoms with Crippen molar-refractivity contribution in [2.75, 3.05) is 6.54 Å². The van der Waals surface area contributed by atoms with Crippen molar-refractivity contribution in [3.05, 3.63) is 77.4 Å². The molecule has 3 aromatic rings. The van der Waals surface area contributed by atoms with Crippen LogP contribution in [0.1, 0.15) is 22.0 Å². The SMILES string of the molecule is O=C(NC[C@H](O)c1ccc2ccccc2c1)c1cc(F)c(O)c(F)c1. The molecule has 3 rings (SSSR count). The molecule has 3 N–H and O–H groups in total. The number of aromatic hydroxyl groups is 1. The quantitative estimate of drug-likeness (QED) is 0.681. The van der Waals surface area contributed by atoms with Crippen LogP contribution in [0, 0.1) is 11.6 Å². The summed E-state index contributed by atoms with van der Waals surface area (Å²) < 4.78 is 26.6. The molecule has 0 aliphatic rings. The van der Waals surface area contributed by atoms with Crippen molar-refractivity contribution in [2.24, 2.45) is 0 Å². The fourth-order valence-electron chi connectivity index (χ4n) is 2.52. The Balaban J connectivity index is 1.70. The fourth-order valence-corrected chi connectivity index (χ4v) is 2.52. The largest absolute Gasteiger partial charge is 0.503 e. The van der Waals surface area contributed by atoms with Crippen LogP contribution in [0.25, 0.3) is 10.8 Å². The number of phenolic OH excluding ortho intramolecular Hbond substituents is 1. The van der Waals surface area contributed by atoms with Crippen LogP contribution in [-0.4, -0.2) is 22.7 Å². The molecule has 0 unspecified atom stereocenters. The third kappa shape index (κ3) is 3.59. The molecule has 0 bridgehead atoms. The summed E-state index contributed by atoms with van der Waals surface area (Å²) in [6.07, 6.45) is -0.972. The lowest BCUT2D eigenvalue weighted by Gasteiger charge is -2.13. The van der Waals surface area contributed by atoms with E-state index in [2.05, 4.69) is 5.32 Å². The third-order valence-electron chi connectivity index (χ3n) is 3.89. The summed E-state index contributed by atoms with van der Waals surface area (Å²) >= 11 is 0. The van der Waals surface area contributed by atoms with Crippen LogP contribution in [0.2, 0.25) is 0 Å². The minimum atomic E-state index is -1.22. The van der Waals surface area contributed by atoms with E-state index in [0.29, 0.717) is 5.56 Å². The molecule has 3 aromatic carbocycles. The van der Waals surface area contributed by atoms with Crippen molar-refractivity contribution in [1.29, 1.82) is 0 Å². The summed E-state index contributed by atoms with van der Waals surface area (Å²) in [5, 5.41) is 23.7. The lowest BCUT2D eigenvalue weighted by molar-refractivity contribution is 0.0915. The van der Waals surface area contributed by atoms with Crippen LogP contribution in [0.5, 0.6) is 5.75 Å². The molecule has 1 atom stereocenters. The van der Waals surface area contributed by atoms with Crippen molar-refractivity contribution < 1.29 is 23.8 Å². The first-order valence-corrected chi connectivity index (χ1v) is 7.58. The average Bonchev–Trinajstić information content (AvgIpc) is 2.63. The number of aliphatic hydroxyl groups excluding tert-OH is 1. The number of fused-ring (bicyclic) bond motifs is 1. The molecule has 6 heteroatoms. The molecule has 128 valence electrons. The van der Waals surface area contributed by atoms with Crippen molar-refractivity contribution in [1.82, 2.24) is 5.32 Å². The number of hydrogen-bond acceptors (Lipinski definition) is 3. The van der Waals surface area contributed by atoms with Gasteiger partial charge in [0, 0.05) is 12.1 Å². The number of amides is 1. The molecule has 25 heavy (non-hydrogen) atoms. The second-order valence-corrected chi connectivity index (χ2v) is 5.62. The predicted octanol–water partition coefficient (Wildman–Crippen LogP) is 3.29. The Morgan fingerprint density at radius 2 is 1.64 bits per heavy atom. The van der Waals surface area contributed by atoms with E-state index in [1.165, 1.54) is 0 Å². The predicted molar refractivity (Wildman–Crippen MR) is 89.3 cm³/mol. The Hall–Kier alpha value is -2.99. The van der Waals surface area contributed by atoms with E-state index in [9.17, 15) is 18.7 Å². The van der Waals surface area contributed by atoms with Gasteiger partial charge in [-0.3, -0.25) is 4.79 Å². The number of phenols is 1. The highest BCUT2D eigenvalue weighted by atomic mass is 19.1. The monoisotopic (exact) mass is 343 g/mol. The Bertz CT molecular complexity index is 920. The first kappa shape index (κ1) is 16.9. The van der Waals surface area contributed by atoms with Gasteiger partial charge in [-0.05, 0) is 34.5 Å². The van der Waals surface area contributed by atoms with Gasteiger partial charge in [0.2, 0.25) is 0 Å². The van der Waals surface area contributed by atoms with Crippen LogP contribution < -0.4 is 5.32 Å². The van der Waals surface area contributed by atoms with E-state index in [1.54, 1.807) is 6.07 Å². The van der Waals surface area contributed by atoms with Crippen LogP contribution >= 0.6 is 0 Å². The van der Waals surface area contributed by atoms with Gasteiger partial charge in [-0.1, -0.05) is 36.4 Å². The van der Waals surface area contributed by atoms with Gasteiger partial charge in [0.15, 0.2) is 17.4 Å². The summed E-state index contributed by atoms with van der Waals surface area (Å²) in [6.45, 7) is -0.124. The van der Waals surface area contributed by atoms with E-state index in [0.717, 1.165) is 22.9 Å². The van der Waals surface area contributed by atoms with Gasteiger partial charge in [-0.25, -0.2) is 8.78 Å². The van der Waals surface area contributed by atoms with E-state index in [-0.39, 0.29) is 12.1 Å². The summed E-state index contributed by atoms with van der Waals surface area (Å²) in [7, 11) is 0. The maximum absolute atomic E-state index is 13.3. The fraction of sp³-hybridized carbons (Fsp3) is 0.105. The van der Waals surface area contributed by atoms with Gasteiger partial charge in [-0.15, -0.1) is 0 Å². The molecule has 0 aromatic heterocycles. The molecule has 0 saturated carbocycles. The summed E-state index contributed by atoms with van der Waals surface area (Å²) in [4.78, 5) is 12.0. The maximum atomic E-state index is 13.3. The zero-order valence-electron chi connectivity index (χ0n) is 13.0. The summed E-state index contributed by atoms with van der Waals surface area (Å²) in [5.74, 6) is -4.33. The second-order valence-electron chi connectivity index (χ2n) is 5.62. The molecule has 4 nitrogen and oxygen atoms in total. The Kier molecular flexibility index (Phi) is 4.63. The third-order valence-corrected chi connectivity index (χ3v) is 3.89. The molecule has 1 amide bonds. The molecule has 0 saturated heterocycles. The number of carbonyl (C=O) groups is 1. The highest BCUT2D eigenvalue weighted by Crippen LogP contribution is 2.22. The zero-order valence-corrected chi connectivity index (χ0v) is 13.0. The van der Waals surface area contributed by atoms with Gasteiger partial charge in [0.05, 0.1) is 6.10 Å². The molecular formula is C19H15F2NO3. The lowest BCUT2D eigenvalue weighted by atomic mass is 10.0. The van der Waals surface area contributed by atoms with Crippen molar-refractivity contribution in [3.8, 4) is 5.75 Å². The highest BCUT2D eigenvalue weighted by molar-refractivity contribution is 5.94. The highest BCUT2D eigenvalue weighted by Gasteiger charge is 2.16. The number of carbonyl (C=O) groups excluding carboxylic acids is 1. The first-order chi connectivity index (χ1) is 12.0. The first-order valence-electron chi connectivity index (χ1n) is 7.58. The number of nitrogens with one attached hydrogen (secondary N) is 1. The van der Waals surface area contributed by atoms with Crippen LogP contribution in [0.3, 0.4) is 0 Å². The minimum absolute atomic E-state index is 0.124. The standard InChI is InChI=1S/C19H15F2NO3/c20-15-8-14(9-16(21)18(15)24)19(25)22-10-17(23)13-6-5-11-3-1-2-4-12(11)7-13/h1-9,17,23-24H,10H2,(H,22,25)/t17-/m0/s1. The molecule has 0 aliphatic heterocycles. The topological polar surface area (TPSA) is 69.6 Å². The van der Waals surface area contributed by atoms with Gasteiger partial charge in [0.25, 0.3) is 5.91 Å². The second kappa shape index (κ2) is 6.86. The molecule has 0 fully saturated rings. The summed E-state index contributed by atoms with van der Waals surface area (Å²) in [5.41, 5.74) is 0.334. The summed E-state index contributed by atoms with van der Waals surface area (Å²) in [6, 6.07) is 14.5. The number of benzene rings is 3. The van der Waals surface area contributed by atoms with E-state index in [1.807, 2.05) is 36.4 Å². The molecule has 0 spiro atoms. The van der Waals surface area contributed by atoms with Crippen LogP contribution in [-0.2, 0) is 0 Å². The van der Waals surface area contributed by atoms with Gasteiger partial charge in [-0.2, -0.15) is 0 Å².